The second-order valence-corrected chi connectivity index (χ2v) is 8.08. The van der Waals surface area contributed by atoms with E-state index in [1.165, 1.54) is 0 Å². The van der Waals surface area contributed by atoms with Gasteiger partial charge in [-0.15, -0.1) is 0 Å². The second kappa shape index (κ2) is 8.06. The van der Waals surface area contributed by atoms with E-state index in [1.54, 1.807) is 12.0 Å². The molecule has 0 radical (unpaired) electrons. The summed E-state index contributed by atoms with van der Waals surface area (Å²) in [6.45, 7) is 4.16. The van der Waals surface area contributed by atoms with Crippen molar-refractivity contribution in [3.63, 3.8) is 0 Å². The summed E-state index contributed by atoms with van der Waals surface area (Å²) in [5, 5.41) is 2.83. The predicted molar refractivity (Wildman–Crippen MR) is 117 cm³/mol. The molecule has 162 valence electrons. The number of amides is 4. The van der Waals surface area contributed by atoms with Gasteiger partial charge in [0.2, 0.25) is 5.91 Å². The Labute approximate surface area is 182 Å². The molecule has 0 bridgehead atoms. The predicted octanol–water partition coefficient (Wildman–Crippen LogP) is 3.39. The molecule has 7 heteroatoms. The maximum atomic E-state index is 13.4. The highest BCUT2D eigenvalue weighted by Crippen LogP contribution is 2.41. The summed E-state index contributed by atoms with van der Waals surface area (Å²) in [5.41, 5.74) is 1.32. The zero-order chi connectivity index (χ0) is 22.2. The molecule has 2 heterocycles. The quantitative estimate of drug-likeness (QED) is 0.751. The number of methoxy groups -OCH3 is 1. The topological polar surface area (TPSA) is 79.0 Å². The summed E-state index contributed by atoms with van der Waals surface area (Å²) in [6, 6.07) is 14.3. The van der Waals surface area contributed by atoms with E-state index in [4.69, 9.17) is 4.74 Å². The van der Waals surface area contributed by atoms with E-state index in [9.17, 15) is 14.4 Å². The van der Waals surface area contributed by atoms with Crippen molar-refractivity contribution in [2.24, 2.45) is 0 Å². The minimum absolute atomic E-state index is 0.289. The number of para-hydroxylation sites is 1. The van der Waals surface area contributed by atoms with Crippen molar-refractivity contribution in [1.29, 1.82) is 0 Å². The van der Waals surface area contributed by atoms with Gasteiger partial charge in [-0.1, -0.05) is 56.3 Å². The summed E-state index contributed by atoms with van der Waals surface area (Å²) < 4.78 is 5.51. The fraction of sp³-hybridized carbons (Fsp3) is 0.375. The van der Waals surface area contributed by atoms with Crippen LogP contribution in [-0.2, 0) is 15.1 Å². The van der Waals surface area contributed by atoms with Crippen LogP contribution >= 0.6 is 0 Å². The van der Waals surface area contributed by atoms with E-state index in [-0.39, 0.29) is 18.4 Å². The fourth-order valence-electron chi connectivity index (χ4n) is 4.58. The van der Waals surface area contributed by atoms with E-state index in [1.807, 2.05) is 55.5 Å². The van der Waals surface area contributed by atoms with Gasteiger partial charge in [0, 0.05) is 6.54 Å². The van der Waals surface area contributed by atoms with Gasteiger partial charge in [0.25, 0.3) is 5.91 Å². The van der Waals surface area contributed by atoms with Gasteiger partial charge in [-0.3, -0.25) is 14.5 Å². The number of urea groups is 1. The molecule has 2 aromatic carbocycles. The largest absolute Gasteiger partial charge is 0.495 e. The van der Waals surface area contributed by atoms with Gasteiger partial charge in [-0.2, -0.15) is 0 Å². The molecule has 0 aromatic heterocycles. The van der Waals surface area contributed by atoms with Gasteiger partial charge < -0.3 is 15.0 Å². The molecule has 2 aliphatic rings. The SMILES string of the molecule is CC[C@]1(c2ccccc2)NC(=O)N(CC(=O)N2CC[C@H](C)c3cccc(OC)c32)C1=O. The monoisotopic (exact) mass is 421 g/mol. The van der Waals surface area contributed by atoms with Crippen LogP contribution in [0.2, 0.25) is 0 Å². The molecule has 31 heavy (non-hydrogen) atoms. The third-order valence-corrected chi connectivity index (χ3v) is 6.40. The van der Waals surface area contributed by atoms with Crippen LogP contribution in [0.5, 0.6) is 5.75 Å². The molecule has 2 aliphatic heterocycles. The van der Waals surface area contributed by atoms with E-state index < -0.39 is 17.5 Å². The van der Waals surface area contributed by atoms with Crippen LogP contribution in [-0.4, -0.2) is 42.9 Å². The fourth-order valence-corrected chi connectivity index (χ4v) is 4.58. The Morgan fingerprint density at radius 3 is 2.58 bits per heavy atom. The van der Waals surface area contributed by atoms with Crippen molar-refractivity contribution in [2.45, 2.75) is 38.1 Å². The average Bonchev–Trinajstić information content (AvgIpc) is 3.04. The van der Waals surface area contributed by atoms with Gasteiger partial charge in [0.15, 0.2) is 0 Å². The Hall–Kier alpha value is -3.35. The molecule has 4 rings (SSSR count). The lowest BCUT2D eigenvalue weighted by Crippen LogP contribution is -2.46. The van der Waals surface area contributed by atoms with Crippen LogP contribution in [0.4, 0.5) is 10.5 Å². The van der Waals surface area contributed by atoms with Gasteiger partial charge in [0.1, 0.15) is 17.8 Å². The van der Waals surface area contributed by atoms with Crippen LogP contribution in [0.3, 0.4) is 0 Å². The number of nitrogens with zero attached hydrogens (tertiary/aromatic N) is 2. The first-order valence-corrected chi connectivity index (χ1v) is 10.6. The summed E-state index contributed by atoms with van der Waals surface area (Å²) in [7, 11) is 1.57. The van der Waals surface area contributed by atoms with E-state index in [0.29, 0.717) is 24.3 Å². The van der Waals surface area contributed by atoms with Gasteiger partial charge in [-0.05, 0) is 36.0 Å². The molecule has 1 saturated heterocycles. The molecular weight excluding hydrogens is 394 g/mol. The maximum absolute atomic E-state index is 13.4. The molecule has 2 aromatic rings. The van der Waals surface area contributed by atoms with E-state index in [0.717, 1.165) is 22.6 Å². The number of benzene rings is 2. The van der Waals surface area contributed by atoms with Crippen molar-refractivity contribution in [3.05, 3.63) is 59.7 Å². The van der Waals surface area contributed by atoms with Gasteiger partial charge in [-0.25, -0.2) is 4.79 Å². The Morgan fingerprint density at radius 2 is 1.90 bits per heavy atom. The Bertz CT molecular complexity index is 1020. The molecule has 7 nitrogen and oxygen atoms in total. The van der Waals surface area contributed by atoms with Crippen LogP contribution in [0.1, 0.15) is 43.7 Å². The first-order chi connectivity index (χ1) is 14.9. The molecule has 0 saturated carbocycles. The number of fused-ring (bicyclic) bond motifs is 1. The molecule has 1 fully saturated rings. The van der Waals surface area contributed by atoms with Gasteiger partial charge >= 0.3 is 6.03 Å². The van der Waals surface area contributed by atoms with Crippen molar-refractivity contribution in [1.82, 2.24) is 10.2 Å². The normalized spacial score (nSPS) is 22.9. The van der Waals surface area contributed by atoms with Crippen molar-refractivity contribution < 1.29 is 19.1 Å². The van der Waals surface area contributed by atoms with Crippen molar-refractivity contribution in [3.8, 4) is 5.75 Å². The summed E-state index contributed by atoms with van der Waals surface area (Å²) in [4.78, 5) is 42.1. The zero-order valence-corrected chi connectivity index (χ0v) is 18.1. The number of nitrogens with one attached hydrogen (secondary N) is 1. The van der Waals surface area contributed by atoms with Crippen molar-refractivity contribution in [2.75, 3.05) is 25.1 Å². The first kappa shape index (κ1) is 20.9. The summed E-state index contributed by atoms with van der Waals surface area (Å²) >= 11 is 0. The lowest BCUT2D eigenvalue weighted by atomic mass is 9.87. The lowest BCUT2D eigenvalue weighted by molar-refractivity contribution is -0.134. The molecule has 2 atom stereocenters. The number of carbonyl (C=O) groups excluding carboxylic acids is 3. The average molecular weight is 421 g/mol. The minimum Gasteiger partial charge on any atom is -0.495 e. The smallest absolute Gasteiger partial charge is 0.325 e. The van der Waals surface area contributed by atoms with Crippen LogP contribution in [0.25, 0.3) is 0 Å². The number of imide groups is 1. The number of anilines is 1. The Morgan fingerprint density at radius 1 is 1.16 bits per heavy atom. The maximum Gasteiger partial charge on any atom is 0.325 e. The lowest BCUT2D eigenvalue weighted by Gasteiger charge is -2.34. The number of ether oxygens (including phenoxy) is 1. The molecular formula is C24H27N3O4. The number of rotatable bonds is 5. The molecule has 4 amide bonds. The Balaban J connectivity index is 1.62. The van der Waals surface area contributed by atoms with Crippen LogP contribution < -0.4 is 15.0 Å². The van der Waals surface area contributed by atoms with Gasteiger partial charge in [0.05, 0.1) is 12.8 Å². The molecule has 0 aliphatic carbocycles. The standard InChI is InChI=1S/C24H27N3O4/c1-4-24(17-9-6-5-7-10-17)22(29)27(23(30)25-24)15-20(28)26-14-13-16(2)18-11-8-12-19(31-3)21(18)26/h5-12,16H,4,13-15H2,1-3H3,(H,25,30)/t16-,24+/m0/s1. The number of hydrogen-bond donors (Lipinski definition) is 1. The molecule has 0 unspecified atom stereocenters. The van der Waals surface area contributed by atoms with E-state index >= 15 is 0 Å². The van der Waals surface area contributed by atoms with E-state index in [2.05, 4.69) is 12.2 Å². The summed E-state index contributed by atoms with van der Waals surface area (Å²) in [6.07, 6.45) is 1.19. The third kappa shape index (κ3) is 3.34. The third-order valence-electron chi connectivity index (χ3n) is 6.40. The van der Waals surface area contributed by atoms with Crippen molar-refractivity contribution >= 4 is 23.5 Å². The zero-order valence-electron chi connectivity index (χ0n) is 18.1. The highest BCUT2D eigenvalue weighted by Gasteiger charge is 2.52. The molecule has 1 N–H and O–H groups in total. The first-order valence-electron chi connectivity index (χ1n) is 10.6. The molecule has 0 spiro atoms. The minimum atomic E-state index is -1.15. The summed E-state index contributed by atoms with van der Waals surface area (Å²) in [5.74, 6) is 0.199. The highest BCUT2D eigenvalue weighted by molar-refractivity contribution is 6.11. The van der Waals surface area contributed by atoms with Crippen LogP contribution in [0, 0.1) is 0 Å². The number of carbonyl (C=O) groups is 3. The second-order valence-electron chi connectivity index (χ2n) is 8.08. The number of hydrogen-bond acceptors (Lipinski definition) is 4. The van der Waals surface area contributed by atoms with Crippen LogP contribution in [0.15, 0.2) is 48.5 Å². The highest BCUT2D eigenvalue weighted by atomic mass is 16.5. The Kier molecular flexibility index (Phi) is 5.43.